The number of carbonyl (C=O) groups is 2. The number of H-pyrrole nitrogens is 1. The van der Waals surface area contributed by atoms with Gasteiger partial charge in [0.05, 0.1) is 23.3 Å². The van der Waals surface area contributed by atoms with Crippen LogP contribution < -0.4 is 15.5 Å². The van der Waals surface area contributed by atoms with Crippen LogP contribution in [-0.2, 0) is 4.79 Å². The molecule has 0 aliphatic carbocycles. The second-order valence-corrected chi connectivity index (χ2v) is 6.64. The third-order valence-electron chi connectivity index (χ3n) is 4.05. The van der Waals surface area contributed by atoms with Gasteiger partial charge in [0.1, 0.15) is 10.7 Å². The van der Waals surface area contributed by atoms with Crippen LogP contribution in [0, 0.1) is 0 Å². The Morgan fingerprint density at radius 2 is 2.08 bits per heavy atom. The fourth-order valence-electron chi connectivity index (χ4n) is 2.88. The number of hydrogen-bond donors (Lipinski definition) is 3. The first-order valence-electron chi connectivity index (χ1n) is 8.13. The Balaban J connectivity index is 1.52. The van der Waals surface area contributed by atoms with Crippen molar-refractivity contribution in [1.29, 1.82) is 0 Å². The van der Waals surface area contributed by atoms with Crippen molar-refractivity contribution in [2.75, 3.05) is 22.1 Å². The molecule has 1 saturated heterocycles. The van der Waals surface area contributed by atoms with Gasteiger partial charge >= 0.3 is 6.03 Å². The molecular formula is C17H16N6O2S. The number of hydrogen-bond acceptors (Lipinski definition) is 5. The Hall–Kier alpha value is -3.20. The lowest BCUT2D eigenvalue weighted by molar-refractivity contribution is -0.117. The van der Waals surface area contributed by atoms with Crippen LogP contribution in [0.15, 0.2) is 42.0 Å². The molecule has 26 heavy (non-hydrogen) atoms. The molecule has 0 unspecified atom stereocenters. The number of thiazole rings is 1. The highest BCUT2D eigenvalue weighted by atomic mass is 32.1. The highest BCUT2D eigenvalue weighted by Crippen LogP contribution is 2.30. The predicted molar refractivity (Wildman–Crippen MR) is 100 cm³/mol. The van der Waals surface area contributed by atoms with Crippen LogP contribution in [-0.4, -0.2) is 33.7 Å². The number of nitrogens with zero attached hydrogens (tertiary/aromatic N) is 3. The maximum atomic E-state index is 12.5. The van der Waals surface area contributed by atoms with Gasteiger partial charge in [-0.05, 0) is 18.6 Å². The predicted octanol–water partition coefficient (Wildman–Crippen LogP) is 3.30. The van der Waals surface area contributed by atoms with Crippen LogP contribution in [0.1, 0.15) is 12.8 Å². The van der Waals surface area contributed by atoms with E-state index in [2.05, 4.69) is 25.8 Å². The smallest absolute Gasteiger partial charge is 0.310 e. The first-order valence-corrected chi connectivity index (χ1v) is 9.01. The standard InChI is InChI=1S/C17H16N6O2S/c24-14-6-3-8-23(14)13-5-2-1-4-11(13)20-17(25)21-12-10-19-22-15(12)16-18-7-9-26-16/h1-2,4-5,7,9-10H,3,6,8H2,(H,19,22)(H2,20,21,25). The zero-order valence-corrected chi connectivity index (χ0v) is 14.5. The van der Waals surface area contributed by atoms with Gasteiger partial charge in [-0.15, -0.1) is 11.3 Å². The van der Waals surface area contributed by atoms with Crippen LogP contribution in [0.5, 0.6) is 0 Å². The summed E-state index contributed by atoms with van der Waals surface area (Å²) >= 11 is 1.45. The first kappa shape index (κ1) is 16.3. The molecule has 4 rings (SSSR count). The summed E-state index contributed by atoms with van der Waals surface area (Å²) in [5.41, 5.74) is 2.47. The number of amides is 3. The summed E-state index contributed by atoms with van der Waals surface area (Å²) < 4.78 is 0. The fraction of sp³-hybridized carbons (Fsp3) is 0.176. The van der Waals surface area contributed by atoms with E-state index >= 15 is 0 Å². The number of rotatable bonds is 4. The molecule has 1 aliphatic rings. The van der Waals surface area contributed by atoms with Crippen molar-refractivity contribution in [3.8, 4) is 10.7 Å². The lowest BCUT2D eigenvalue weighted by Crippen LogP contribution is -2.26. The van der Waals surface area contributed by atoms with Gasteiger partial charge in [-0.2, -0.15) is 5.10 Å². The van der Waals surface area contributed by atoms with Gasteiger partial charge in [-0.3, -0.25) is 9.89 Å². The van der Waals surface area contributed by atoms with Crippen LogP contribution in [0.3, 0.4) is 0 Å². The highest BCUT2D eigenvalue weighted by molar-refractivity contribution is 7.13. The summed E-state index contributed by atoms with van der Waals surface area (Å²) in [4.78, 5) is 30.4. The van der Waals surface area contributed by atoms with Crippen LogP contribution in [0.25, 0.3) is 10.7 Å². The summed E-state index contributed by atoms with van der Waals surface area (Å²) in [6.07, 6.45) is 4.58. The van der Waals surface area contributed by atoms with E-state index in [4.69, 9.17) is 0 Å². The molecule has 8 nitrogen and oxygen atoms in total. The average Bonchev–Trinajstić information content (AvgIpc) is 3.37. The summed E-state index contributed by atoms with van der Waals surface area (Å²) in [6, 6.07) is 6.86. The molecule has 3 amide bonds. The third-order valence-corrected chi connectivity index (χ3v) is 4.84. The van der Waals surface area contributed by atoms with Crippen LogP contribution in [0.4, 0.5) is 21.9 Å². The zero-order chi connectivity index (χ0) is 17.9. The second kappa shape index (κ2) is 6.96. The lowest BCUT2D eigenvalue weighted by atomic mass is 10.2. The van der Waals surface area contributed by atoms with Gasteiger partial charge in [0.2, 0.25) is 5.91 Å². The van der Waals surface area contributed by atoms with Crippen molar-refractivity contribution in [3.63, 3.8) is 0 Å². The largest absolute Gasteiger partial charge is 0.323 e. The minimum absolute atomic E-state index is 0.0700. The third kappa shape index (κ3) is 3.16. The van der Waals surface area contributed by atoms with E-state index in [0.29, 0.717) is 35.7 Å². The summed E-state index contributed by atoms with van der Waals surface area (Å²) in [5.74, 6) is 0.0700. The van der Waals surface area contributed by atoms with E-state index in [-0.39, 0.29) is 5.91 Å². The van der Waals surface area contributed by atoms with Crippen LogP contribution in [0.2, 0.25) is 0 Å². The Bertz CT molecular complexity index is 936. The summed E-state index contributed by atoms with van der Waals surface area (Å²) in [7, 11) is 0. The molecule has 3 aromatic rings. The van der Waals surface area contributed by atoms with E-state index in [0.717, 1.165) is 11.4 Å². The molecule has 3 heterocycles. The molecule has 0 spiro atoms. The molecule has 1 aliphatic heterocycles. The SMILES string of the molecule is O=C(Nc1ccccc1N1CCCC1=O)Nc1cn[nH]c1-c1nccs1. The molecule has 132 valence electrons. The normalized spacial score (nSPS) is 13.8. The number of aromatic nitrogens is 3. The molecule has 0 atom stereocenters. The Morgan fingerprint density at radius 1 is 1.23 bits per heavy atom. The number of aromatic amines is 1. The van der Waals surface area contributed by atoms with Gasteiger partial charge < -0.3 is 15.5 Å². The molecule has 2 aromatic heterocycles. The maximum absolute atomic E-state index is 12.5. The number of urea groups is 1. The van der Waals surface area contributed by atoms with Crippen molar-refractivity contribution in [2.24, 2.45) is 0 Å². The van der Waals surface area contributed by atoms with E-state index < -0.39 is 6.03 Å². The van der Waals surface area contributed by atoms with E-state index in [9.17, 15) is 9.59 Å². The van der Waals surface area contributed by atoms with Crippen molar-refractivity contribution in [1.82, 2.24) is 15.2 Å². The van der Waals surface area contributed by atoms with Gasteiger partial charge in [0.15, 0.2) is 0 Å². The minimum atomic E-state index is -0.414. The van der Waals surface area contributed by atoms with Gasteiger partial charge in [0, 0.05) is 24.5 Å². The van der Waals surface area contributed by atoms with Crippen molar-refractivity contribution < 1.29 is 9.59 Å². The molecule has 1 fully saturated rings. The number of carbonyl (C=O) groups excluding carboxylic acids is 2. The lowest BCUT2D eigenvalue weighted by Gasteiger charge is -2.20. The molecule has 0 radical (unpaired) electrons. The molecular weight excluding hydrogens is 352 g/mol. The fourth-order valence-corrected chi connectivity index (χ4v) is 3.53. The van der Waals surface area contributed by atoms with Gasteiger partial charge in [-0.1, -0.05) is 12.1 Å². The first-order chi connectivity index (χ1) is 12.7. The Kier molecular flexibility index (Phi) is 4.36. The van der Waals surface area contributed by atoms with E-state index in [1.165, 1.54) is 17.5 Å². The van der Waals surface area contributed by atoms with Gasteiger partial charge in [-0.25, -0.2) is 9.78 Å². The Labute approximate surface area is 153 Å². The monoisotopic (exact) mass is 368 g/mol. The quantitative estimate of drug-likeness (QED) is 0.657. The highest BCUT2D eigenvalue weighted by Gasteiger charge is 2.24. The average molecular weight is 368 g/mol. The molecule has 9 heteroatoms. The molecule has 0 bridgehead atoms. The Morgan fingerprint density at radius 3 is 2.85 bits per heavy atom. The molecule has 3 N–H and O–H groups in total. The summed E-state index contributed by atoms with van der Waals surface area (Å²) in [6.45, 7) is 0.662. The number of nitrogens with one attached hydrogen (secondary N) is 3. The van der Waals surface area contributed by atoms with Crippen molar-refractivity contribution in [3.05, 3.63) is 42.0 Å². The van der Waals surface area contributed by atoms with Crippen molar-refractivity contribution >= 4 is 40.3 Å². The van der Waals surface area contributed by atoms with Crippen molar-refractivity contribution in [2.45, 2.75) is 12.8 Å². The maximum Gasteiger partial charge on any atom is 0.323 e. The minimum Gasteiger partial charge on any atom is -0.310 e. The topological polar surface area (TPSA) is 103 Å². The van der Waals surface area contributed by atoms with E-state index in [1.807, 2.05) is 23.6 Å². The second-order valence-electron chi connectivity index (χ2n) is 5.74. The number of benzene rings is 1. The zero-order valence-electron chi connectivity index (χ0n) is 13.7. The number of anilines is 3. The van der Waals surface area contributed by atoms with Crippen LogP contribution >= 0.6 is 11.3 Å². The van der Waals surface area contributed by atoms with Gasteiger partial charge in [0.25, 0.3) is 0 Å². The molecule has 0 saturated carbocycles. The summed E-state index contributed by atoms with van der Waals surface area (Å²) in [5, 5.41) is 15.0. The molecule has 1 aromatic carbocycles. The van der Waals surface area contributed by atoms with E-state index in [1.54, 1.807) is 17.2 Å². The number of para-hydroxylation sites is 2.